The lowest BCUT2D eigenvalue weighted by molar-refractivity contribution is 0.0398. The van der Waals surface area contributed by atoms with E-state index < -0.39 is 6.09 Å². The number of ether oxygens (including phenoxy) is 1. The Morgan fingerprint density at radius 2 is 2.17 bits per heavy atom. The first-order valence-corrected chi connectivity index (χ1v) is 8.55. The fourth-order valence-corrected chi connectivity index (χ4v) is 3.48. The minimum absolute atomic E-state index is 0.0190. The third-order valence-electron chi connectivity index (χ3n) is 4.90. The maximum Gasteiger partial charge on any atom is 0.412 e. The minimum Gasteiger partial charge on any atom is -0.465 e. The van der Waals surface area contributed by atoms with Crippen LogP contribution in [0.25, 0.3) is 0 Å². The van der Waals surface area contributed by atoms with Gasteiger partial charge in [-0.1, -0.05) is 0 Å². The highest BCUT2D eigenvalue weighted by molar-refractivity contribution is 5.92. The molecule has 24 heavy (non-hydrogen) atoms. The van der Waals surface area contributed by atoms with Gasteiger partial charge in [-0.15, -0.1) is 0 Å². The first-order valence-electron chi connectivity index (χ1n) is 8.55. The van der Waals surface area contributed by atoms with Crippen molar-refractivity contribution >= 4 is 23.2 Å². The number of hydrogen-bond donors (Lipinski definition) is 3. The van der Waals surface area contributed by atoms with Crippen molar-refractivity contribution in [2.24, 2.45) is 0 Å². The zero-order valence-electron chi connectivity index (χ0n) is 14.1. The van der Waals surface area contributed by atoms with Gasteiger partial charge in [-0.05, 0) is 31.9 Å². The van der Waals surface area contributed by atoms with Crippen molar-refractivity contribution in [3.05, 3.63) is 17.7 Å². The molecule has 0 bridgehead atoms. The minimum atomic E-state index is -0.920. The monoisotopic (exact) mass is 334 g/mol. The Labute approximate surface area is 142 Å². The van der Waals surface area contributed by atoms with E-state index in [-0.39, 0.29) is 6.04 Å². The molecule has 4 N–H and O–H groups in total. The fraction of sp³-hybridized carbons (Fsp3) is 0.588. The Kier molecular flexibility index (Phi) is 5.11. The number of carboxylic acid groups (broad SMARTS) is 1. The molecule has 1 fully saturated rings. The van der Waals surface area contributed by atoms with E-state index in [9.17, 15) is 9.90 Å². The van der Waals surface area contributed by atoms with Crippen molar-refractivity contribution in [1.29, 1.82) is 0 Å². The molecule has 2 aliphatic heterocycles. The molecule has 0 spiro atoms. The molecule has 0 aliphatic carbocycles. The molecular formula is C17H26N4O3. The second-order valence-electron chi connectivity index (χ2n) is 6.45. The second-order valence-corrected chi connectivity index (χ2v) is 6.45. The average molecular weight is 334 g/mol. The van der Waals surface area contributed by atoms with E-state index in [1.165, 1.54) is 4.90 Å². The molecule has 0 radical (unpaired) electrons. The van der Waals surface area contributed by atoms with Gasteiger partial charge >= 0.3 is 6.09 Å². The summed E-state index contributed by atoms with van der Waals surface area (Å²) in [6.07, 6.45) is 0.683. The standard InChI is InChI=1S/C17H26N4O3/c1-12-2-3-13-15(21(12)17(22)23)5-4-14(16(13)18)19-6-7-20-8-10-24-11-9-20/h4-5,12,19H,2-3,6-11,18H2,1H3,(H,22,23)/t12-/m0/s1. The summed E-state index contributed by atoms with van der Waals surface area (Å²) in [5.74, 6) is 0. The smallest absolute Gasteiger partial charge is 0.412 e. The summed E-state index contributed by atoms with van der Waals surface area (Å²) in [5.41, 5.74) is 9.54. The quantitative estimate of drug-likeness (QED) is 0.728. The molecule has 1 aromatic rings. The van der Waals surface area contributed by atoms with Crippen molar-refractivity contribution in [1.82, 2.24) is 4.90 Å². The van der Waals surface area contributed by atoms with E-state index >= 15 is 0 Å². The summed E-state index contributed by atoms with van der Waals surface area (Å²) in [7, 11) is 0. The molecule has 7 heteroatoms. The molecular weight excluding hydrogens is 308 g/mol. The molecule has 0 saturated carbocycles. The molecule has 1 atom stereocenters. The number of nitrogens with zero attached hydrogens (tertiary/aromatic N) is 2. The van der Waals surface area contributed by atoms with Crippen LogP contribution in [0.1, 0.15) is 18.9 Å². The van der Waals surface area contributed by atoms with E-state index in [1.807, 2.05) is 19.1 Å². The second kappa shape index (κ2) is 7.27. The van der Waals surface area contributed by atoms with Gasteiger partial charge in [0, 0.05) is 37.8 Å². The van der Waals surface area contributed by atoms with Crippen molar-refractivity contribution < 1.29 is 14.6 Å². The Morgan fingerprint density at radius 1 is 1.42 bits per heavy atom. The number of rotatable bonds is 4. The normalized spacial score (nSPS) is 21.4. The third kappa shape index (κ3) is 3.42. The first-order chi connectivity index (χ1) is 11.6. The maximum absolute atomic E-state index is 11.5. The van der Waals surface area contributed by atoms with Gasteiger partial charge in [-0.25, -0.2) is 4.79 Å². The number of benzene rings is 1. The highest BCUT2D eigenvalue weighted by Crippen LogP contribution is 2.38. The number of amides is 1. The Morgan fingerprint density at radius 3 is 2.88 bits per heavy atom. The van der Waals surface area contributed by atoms with E-state index in [2.05, 4.69) is 10.2 Å². The summed E-state index contributed by atoms with van der Waals surface area (Å²) < 4.78 is 5.35. The van der Waals surface area contributed by atoms with Crippen molar-refractivity contribution in [2.45, 2.75) is 25.8 Å². The average Bonchev–Trinajstić information content (AvgIpc) is 2.57. The van der Waals surface area contributed by atoms with Crippen LogP contribution in [0.15, 0.2) is 12.1 Å². The van der Waals surface area contributed by atoms with Crippen LogP contribution in [-0.2, 0) is 11.2 Å². The van der Waals surface area contributed by atoms with E-state index in [4.69, 9.17) is 10.5 Å². The Bertz CT molecular complexity index is 602. The maximum atomic E-state index is 11.5. The van der Waals surface area contributed by atoms with Crippen LogP contribution in [0.2, 0.25) is 0 Å². The zero-order valence-corrected chi connectivity index (χ0v) is 14.1. The van der Waals surface area contributed by atoms with Crippen molar-refractivity contribution in [3.63, 3.8) is 0 Å². The van der Waals surface area contributed by atoms with Crippen LogP contribution in [-0.4, -0.2) is 61.5 Å². The Hall–Kier alpha value is -1.99. The molecule has 3 rings (SSSR count). The summed E-state index contributed by atoms with van der Waals surface area (Å²) >= 11 is 0. The number of fused-ring (bicyclic) bond motifs is 1. The van der Waals surface area contributed by atoms with Gasteiger partial charge in [0.05, 0.1) is 30.3 Å². The lowest BCUT2D eigenvalue weighted by Crippen LogP contribution is -2.41. The molecule has 2 heterocycles. The Balaban J connectivity index is 1.68. The summed E-state index contributed by atoms with van der Waals surface area (Å²) in [5, 5.41) is 12.8. The molecule has 0 aromatic heterocycles. The van der Waals surface area contributed by atoms with E-state index in [0.717, 1.165) is 69.2 Å². The lowest BCUT2D eigenvalue weighted by atomic mass is 9.95. The molecule has 0 unspecified atom stereocenters. The van der Waals surface area contributed by atoms with Crippen LogP contribution in [0, 0.1) is 0 Å². The largest absolute Gasteiger partial charge is 0.465 e. The predicted molar refractivity (Wildman–Crippen MR) is 94.9 cm³/mol. The zero-order chi connectivity index (χ0) is 17.1. The van der Waals surface area contributed by atoms with Crippen LogP contribution < -0.4 is 16.0 Å². The molecule has 1 saturated heterocycles. The van der Waals surface area contributed by atoms with Gasteiger partial charge < -0.3 is 20.9 Å². The number of hydrogen-bond acceptors (Lipinski definition) is 5. The molecule has 2 aliphatic rings. The SMILES string of the molecule is C[C@H]1CCc2c(ccc(NCCN3CCOCC3)c2N)N1C(=O)O. The third-order valence-corrected chi connectivity index (χ3v) is 4.90. The number of anilines is 3. The number of morpholine rings is 1. The van der Waals surface area contributed by atoms with Gasteiger partial charge in [-0.3, -0.25) is 9.80 Å². The molecule has 1 aromatic carbocycles. The van der Waals surface area contributed by atoms with Gasteiger partial charge in [-0.2, -0.15) is 0 Å². The summed E-state index contributed by atoms with van der Waals surface area (Å²) in [4.78, 5) is 15.3. The molecule has 7 nitrogen and oxygen atoms in total. The predicted octanol–water partition coefficient (Wildman–Crippen LogP) is 1.83. The first kappa shape index (κ1) is 16.9. The number of carbonyl (C=O) groups is 1. The van der Waals surface area contributed by atoms with E-state index in [1.54, 1.807) is 0 Å². The molecule has 1 amide bonds. The summed E-state index contributed by atoms with van der Waals surface area (Å²) in [6.45, 7) is 7.20. The number of nitrogen functional groups attached to an aromatic ring is 1. The van der Waals surface area contributed by atoms with Crippen LogP contribution in [0.5, 0.6) is 0 Å². The topological polar surface area (TPSA) is 91.1 Å². The summed E-state index contributed by atoms with van der Waals surface area (Å²) in [6, 6.07) is 3.74. The van der Waals surface area contributed by atoms with Crippen molar-refractivity contribution in [2.75, 3.05) is 55.3 Å². The van der Waals surface area contributed by atoms with Gasteiger partial charge in [0.25, 0.3) is 0 Å². The van der Waals surface area contributed by atoms with E-state index in [0.29, 0.717) is 5.69 Å². The number of nitrogens with two attached hydrogens (primary N) is 1. The van der Waals surface area contributed by atoms with Gasteiger partial charge in [0.1, 0.15) is 0 Å². The lowest BCUT2D eigenvalue weighted by Gasteiger charge is -2.34. The molecule has 132 valence electrons. The highest BCUT2D eigenvalue weighted by Gasteiger charge is 2.29. The van der Waals surface area contributed by atoms with Gasteiger partial charge in [0.15, 0.2) is 0 Å². The van der Waals surface area contributed by atoms with Crippen molar-refractivity contribution in [3.8, 4) is 0 Å². The van der Waals surface area contributed by atoms with Crippen LogP contribution in [0.3, 0.4) is 0 Å². The number of nitrogens with one attached hydrogen (secondary N) is 1. The van der Waals surface area contributed by atoms with Crippen LogP contribution >= 0.6 is 0 Å². The van der Waals surface area contributed by atoms with Gasteiger partial charge in [0.2, 0.25) is 0 Å². The van der Waals surface area contributed by atoms with Crippen LogP contribution in [0.4, 0.5) is 21.9 Å². The highest BCUT2D eigenvalue weighted by atomic mass is 16.5. The fourth-order valence-electron chi connectivity index (χ4n) is 3.48.